The van der Waals surface area contributed by atoms with Crippen LogP contribution in [0.1, 0.15) is 38.2 Å². The second kappa shape index (κ2) is 6.93. The van der Waals surface area contributed by atoms with Gasteiger partial charge in [0.2, 0.25) is 0 Å². The highest BCUT2D eigenvalue weighted by Gasteiger charge is 2.40. The summed E-state index contributed by atoms with van der Waals surface area (Å²) in [6.07, 6.45) is 6.00. The summed E-state index contributed by atoms with van der Waals surface area (Å²) >= 11 is 3.43. The molecular weight excluding hydrogens is 370 g/mol. The van der Waals surface area contributed by atoms with Gasteiger partial charge in [-0.15, -0.1) is 0 Å². The summed E-state index contributed by atoms with van der Waals surface area (Å²) in [6, 6.07) is 7.84. The highest BCUT2D eigenvalue weighted by Crippen LogP contribution is 2.37. The zero-order valence-corrected chi connectivity index (χ0v) is 15.4. The number of esters is 1. The fourth-order valence-corrected chi connectivity index (χ4v) is 3.98. The van der Waals surface area contributed by atoms with E-state index in [1.807, 2.05) is 31.2 Å². The molecule has 1 aromatic rings. The number of amides is 1. The topological polar surface area (TPSA) is 46.6 Å². The third-order valence-electron chi connectivity index (χ3n) is 4.68. The molecule has 1 heterocycles. The van der Waals surface area contributed by atoms with Crippen molar-refractivity contribution in [3.63, 3.8) is 0 Å². The summed E-state index contributed by atoms with van der Waals surface area (Å²) < 4.78 is 5.86. The quantitative estimate of drug-likeness (QED) is 0.578. The van der Waals surface area contributed by atoms with Gasteiger partial charge >= 0.3 is 5.97 Å². The third-order valence-corrected chi connectivity index (χ3v) is 5.17. The molecule has 126 valence electrons. The first-order valence-electron chi connectivity index (χ1n) is 8.13. The molecule has 3 rings (SSSR count). The van der Waals surface area contributed by atoms with Gasteiger partial charge in [-0.3, -0.25) is 4.79 Å². The van der Waals surface area contributed by atoms with Crippen LogP contribution in [0.5, 0.6) is 0 Å². The molecule has 0 aromatic heterocycles. The summed E-state index contributed by atoms with van der Waals surface area (Å²) in [5.41, 5.74) is 2.38. The fraction of sp³-hybridized carbons (Fsp3) is 0.368. The lowest BCUT2D eigenvalue weighted by Gasteiger charge is -2.25. The molecule has 0 radical (unpaired) electrons. The van der Waals surface area contributed by atoms with Crippen molar-refractivity contribution in [1.82, 2.24) is 4.90 Å². The standard InChI is InChI=1S/C19H20BrNO3/c1-12-17(19(23)24-2)16(11-13-6-5-7-14(20)10-13)18(22)21(12)15-8-3-4-9-15/h5-7,10-11,15H,3-4,8-9H2,1-2H3/b16-11-. The monoisotopic (exact) mass is 389 g/mol. The van der Waals surface area contributed by atoms with Crippen LogP contribution in [0.3, 0.4) is 0 Å². The van der Waals surface area contributed by atoms with Crippen molar-refractivity contribution in [3.8, 4) is 0 Å². The molecule has 0 spiro atoms. The van der Waals surface area contributed by atoms with E-state index in [4.69, 9.17) is 4.74 Å². The number of rotatable bonds is 3. The van der Waals surface area contributed by atoms with E-state index in [0.717, 1.165) is 35.7 Å². The fourth-order valence-electron chi connectivity index (χ4n) is 3.56. The molecular formula is C19H20BrNO3. The molecule has 2 aliphatic rings. The van der Waals surface area contributed by atoms with Gasteiger partial charge < -0.3 is 9.64 Å². The molecule has 1 aliphatic heterocycles. The van der Waals surface area contributed by atoms with Gasteiger partial charge in [-0.05, 0) is 43.5 Å². The average Bonchev–Trinajstić information content (AvgIpc) is 3.15. The van der Waals surface area contributed by atoms with E-state index in [1.54, 1.807) is 11.0 Å². The normalized spacial score (nSPS) is 20.4. The van der Waals surface area contributed by atoms with Crippen LogP contribution in [0.15, 0.2) is 45.6 Å². The Kier molecular flexibility index (Phi) is 4.90. The predicted molar refractivity (Wildman–Crippen MR) is 95.9 cm³/mol. The Hall–Kier alpha value is -1.88. The lowest BCUT2D eigenvalue weighted by molar-refractivity contribution is -0.136. The maximum absolute atomic E-state index is 13.0. The predicted octanol–water partition coefficient (Wildman–Crippen LogP) is 4.06. The lowest BCUT2D eigenvalue weighted by Crippen LogP contribution is -2.34. The number of ether oxygens (including phenoxy) is 1. The van der Waals surface area contributed by atoms with Crippen molar-refractivity contribution in [2.24, 2.45) is 0 Å². The average molecular weight is 390 g/mol. The van der Waals surface area contributed by atoms with Crippen LogP contribution in [-0.2, 0) is 14.3 Å². The molecule has 1 aliphatic carbocycles. The molecule has 1 saturated carbocycles. The van der Waals surface area contributed by atoms with Crippen molar-refractivity contribution in [3.05, 3.63) is 51.1 Å². The molecule has 1 fully saturated rings. The smallest absolute Gasteiger partial charge is 0.340 e. The Morgan fingerprint density at radius 1 is 1.33 bits per heavy atom. The summed E-state index contributed by atoms with van der Waals surface area (Å²) in [4.78, 5) is 27.1. The van der Waals surface area contributed by atoms with E-state index >= 15 is 0 Å². The Labute approximate surface area is 150 Å². The first kappa shape index (κ1) is 17.0. The minimum Gasteiger partial charge on any atom is -0.465 e. The second-order valence-electron chi connectivity index (χ2n) is 6.18. The van der Waals surface area contributed by atoms with Gasteiger partial charge in [0, 0.05) is 16.2 Å². The van der Waals surface area contributed by atoms with E-state index in [2.05, 4.69) is 15.9 Å². The van der Waals surface area contributed by atoms with E-state index < -0.39 is 5.97 Å². The van der Waals surface area contributed by atoms with Crippen LogP contribution in [0.25, 0.3) is 6.08 Å². The van der Waals surface area contributed by atoms with Gasteiger partial charge in [-0.2, -0.15) is 0 Å². The molecule has 0 unspecified atom stereocenters. The van der Waals surface area contributed by atoms with E-state index in [0.29, 0.717) is 16.8 Å². The van der Waals surface area contributed by atoms with Crippen molar-refractivity contribution in [2.45, 2.75) is 38.6 Å². The van der Waals surface area contributed by atoms with Crippen LogP contribution in [0, 0.1) is 0 Å². The number of benzene rings is 1. The first-order chi connectivity index (χ1) is 11.5. The van der Waals surface area contributed by atoms with Gasteiger partial charge in [-0.1, -0.05) is 40.9 Å². The zero-order valence-electron chi connectivity index (χ0n) is 13.8. The van der Waals surface area contributed by atoms with Gasteiger partial charge in [0.1, 0.15) is 0 Å². The molecule has 1 aromatic carbocycles. The van der Waals surface area contributed by atoms with E-state index in [9.17, 15) is 9.59 Å². The Morgan fingerprint density at radius 3 is 2.67 bits per heavy atom. The molecule has 5 heteroatoms. The van der Waals surface area contributed by atoms with Gasteiger partial charge in [-0.25, -0.2) is 4.79 Å². The van der Waals surface area contributed by atoms with Crippen LogP contribution in [0.2, 0.25) is 0 Å². The number of carbonyl (C=O) groups excluding carboxylic acids is 2. The van der Waals surface area contributed by atoms with Gasteiger partial charge in [0.25, 0.3) is 5.91 Å². The van der Waals surface area contributed by atoms with Crippen LogP contribution < -0.4 is 0 Å². The minimum absolute atomic E-state index is 0.0974. The molecule has 0 atom stereocenters. The third kappa shape index (κ3) is 3.05. The van der Waals surface area contributed by atoms with Crippen molar-refractivity contribution in [2.75, 3.05) is 7.11 Å². The Balaban J connectivity index is 2.06. The number of hydrogen-bond acceptors (Lipinski definition) is 3. The Morgan fingerprint density at radius 2 is 2.04 bits per heavy atom. The van der Waals surface area contributed by atoms with Crippen LogP contribution in [-0.4, -0.2) is 29.9 Å². The van der Waals surface area contributed by atoms with Crippen molar-refractivity contribution >= 4 is 33.9 Å². The number of allylic oxidation sites excluding steroid dienone is 1. The number of halogens is 1. The molecule has 24 heavy (non-hydrogen) atoms. The van der Waals surface area contributed by atoms with Gasteiger partial charge in [0.05, 0.1) is 18.3 Å². The van der Waals surface area contributed by atoms with Crippen molar-refractivity contribution in [1.29, 1.82) is 0 Å². The van der Waals surface area contributed by atoms with E-state index in [1.165, 1.54) is 7.11 Å². The summed E-state index contributed by atoms with van der Waals surface area (Å²) in [5, 5.41) is 0. The zero-order chi connectivity index (χ0) is 17.3. The van der Waals surface area contributed by atoms with Crippen LogP contribution in [0.4, 0.5) is 0 Å². The van der Waals surface area contributed by atoms with Crippen molar-refractivity contribution < 1.29 is 14.3 Å². The van der Waals surface area contributed by atoms with Gasteiger partial charge in [0.15, 0.2) is 0 Å². The highest BCUT2D eigenvalue weighted by atomic mass is 79.9. The molecule has 4 nitrogen and oxygen atoms in total. The molecule has 0 N–H and O–H groups in total. The number of hydrogen-bond donors (Lipinski definition) is 0. The molecule has 0 saturated heterocycles. The molecule has 1 amide bonds. The maximum atomic E-state index is 13.0. The summed E-state index contributed by atoms with van der Waals surface area (Å²) in [5.74, 6) is -0.553. The maximum Gasteiger partial charge on any atom is 0.340 e. The minimum atomic E-state index is -0.456. The first-order valence-corrected chi connectivity index (χ1v) is 8.92. The second-order valence-corrected chi connectivity index (χ2v) is 7.09. The number of nitrogens with zero attached hydrogens (tertiary/aromatic N) is 1. The number of carbonyl (C=O) groups is 2. The molecule has 0 bridgehead atoms. The SMILES string of the molecule is COC(=O)C1=C(C)N(C2CCCC2)C(=O)/C1=C\c1cccc(Br)c1. The lowest BCUT2D eigenvalue weighted by atomic mass is 10.0. The van der Waals surface area contributed by atoms with E-state index in [-0.39, 0.29) is 11.9 Å². The number of methoxy groups -OCH3 is 1. The van der Waals surface area contributed by atoms with Crippen LogP contribution >= 0.6 is 15.9 Å². The largest absolute Gasteiger partial charge is 0.465 e. The highest BCUT2D eigenvalue weighted by molar-refractivity contribution is 9.10. The summed E-state index contributed by atoms with van der Waals surface area (Å²) in [6.45, 7) is 1.84. The Bertz CT molecular complexity index is 745. The summed E-state index contributed by atoms with van der Waals surface area (Å²) in [7, 11) is 1.35.